The number of alkyl halides is 3. The lowest BCUT2D eigenvalue weighted by atomic mass is 9.94. The van der Waals surface area contributed by atoms with Crippen LogP contribution in [0.15, 0.2) is 47.6 Å². The molecule has 5 nitrogen and oxygen atoms in total. The van der Waals surface area contributed by atoms with Crippen molar-refractivity contribution in [1.29, 1.82) is 0 Å². The van der Waals surface area contributed by atoms with Crippen molar-refractivity contribution >= 4 is 23.0 Å². The van der Waals surface area contributed by atoms with E-state index in [2.05, 4.69) is 15.8 Å². The first-order valence-corrected chi connectivity index (χ1v) is 8.27. The van der Waals surface area contributed by atoms with Crippen LogP contribution in [0.2, 0.25) is 0 Å². The molecule has 1 aliphatic heterocycles. The third-order valence-electron chi connectivity index (χ3n) is 4.25. The van der Waals surface area contributed by atoms with Gasteiger partial charge >= 0.3 is 6.18 Å². The molecule has 27 heavy (non-hydrogen) atoms. The van der Waals surface area contributed by atoms with E-state index < -0.39 is 11.7 Å². The number of carbonyl (C=O) groups excluding carboxylic acids is 1. The first-order valence-electron chi connectivity index (χ1n) is 8.27. The maximum atomic E-state index is 13.3. The van der Waals surface area contributed by atoms with Gasteiger partial charge in [0.2, 0.25) is 5.91 Å². The normalized spacial score (nSPS) is 17.1. The van der Waals surface area contributed by atoms with Crippen LogP contribution >= 0.6 is 0 Å². The third kappa shape index (κ3) is 4.21. The molecule has 1 unspecified atom stereocenters. The van der Waals surface area contributed by atoms with E-state index in [-0.39, 0.29) is 23.3 Å². The lowest BCUT2D eigenvalue weighted by Crippen LogP contribution is -2.31. The quantitative estimate of drug-likeness (QED) is 0.834. The number of rotatable bonds is 4. The summed E-state index contributed by atoms with van der Waals surface area (Å²) in [4.78, 5) is 11.3. The van der Waals surface area contributed by atoms with Crippen molar-refractivity contribution in [2.75, 3.05) is 12.4 Å². The Bertz CT molecular complexity index is 877. The zero-order chi connectivity index (χ0) is 19.6. The second kappa shape index (κ2) is 7.30. The lowest BCUT2D eigenvalue weighted by molar-refractivity contribution is -0.137. The zero-order valence-corrected chi connectivity index (χ0v) is 14.7. The second-order valence-electron chi connectivity index (χ2n) is 6.25. The molecule has 142 valence electrons. The van der Waals surface area contributed by atoms with Gasteiger partial charge in [-0.3, -0.25) is 4.79 Å². The Kier molecular flexibility index (Phi) is 5.07. The van der Waals surface area contributed by atoms with Gasteiger partial charge in [0.25, 0.3) is 0 Å². The highest BCUT2D eigenvalue weighted by Crippen LogP contribution is 2.38. The van der Waals surface area contributed by atoms with E-state index in [0.717, 1.165) is 17.3 Å². The highest BCUT2D eigenvalue weighted by molar-refractivity contribution is 6.05. The van der Waals surface area contributed by atoms with Gasteiger partial charge in [0.15, 0.2) is 0 Å². The number of hydrazone groups is 1. The molecule has 0 radical (unpaired) electrons. The highest BCUT2D eigenvalue weighted by Gasteiger charge is 2.34. The number of anilines is 2. The van der Waals surface area contributed by atoms with Gasteiger partial charge in [0, 0.05) is 18.0 Å². The third-order valence-corrected chi connectivity index (χ3v) is 4.25. The molecular formula is C19H18F3N3O2. The molecule has 1 heterocycles. The van der Waals surface area contributed by atoms with Crippen LogP contribution in [0.3, 0.4) is 0 Å². The monoisotopic (exact) mass is 377 g/mol. The Morgan fingerprint density at radius 1 is 1.19 bits per heavy atom. The Hall–Kier alpha value is -3.03. The minimum atomic E-state index is -4.51. The van der Waals surface area contributed by atoms with Gasteiger partial charge in [-0.2, -0.15) is 18.3 Å². The Morgan fingerprint density at radius 3 is 2.48 bits per heavy atom. The molecule has 2 aromatic rings. The number of benzene rings is 2. The van der Waals surface area contributed by atoms with Crippen molar-refractivity contribution in [1.82, 2.24) is 5.43 Å². The van der Waals surface area contributed by atoms with E-state index in [1.165, 1.54) is 19.2 Å². The number of nitrogens with one attached hydrogen (secondary N) is 2. The molecular weight excluding hydrogens is 359 g/mol. The molecule has 8 heteroatoms. The SMILES string of the molecule is COc1ccc(Nc2ccc(C3=NNC(=O)CC3C)cc2)c(C(F)(F)F)c1. The molecule has 0 aromatic heterocycles. The molecule has 2 N–H and O–H groups in total. The molecule has 0 fully saturated rings. The number of halogens is 3. The summed E-state index contributed by atoms with van der Waals surface area (Å²) in [6.45, 7) is 1.90. The van der Waals surface area contributed by atoms with E-state index in [4.69, 9.17) is 4.74 Å². The number of amides is 1. The second-order valence-corrected chi connectivity index (χ2v) is 6.25. The van der Waals surface area contributed by atoms with Gasteiger partial charge in [-0.05, 0) is 35.9 Å². The van der Waals surface area contributed by atoms with Crippen LogP contribution in [0, 0.1) is 5.92 Å². The fraction of sp³-hybridized carbons (Fsp3) is 0.263. The molecule has 3 rings (SSSR count). The van der Waals surface area contributed by atoms with Crippen molar-refractivity contribution in [2.45, 2.75) is 19.5 Å². The first kappa shape index (κ1) is 18.8. The summed E-state index contributed by atoms with van der Waals surface area (Å²) >= 11 is 0. The summed E-state index contributed by atoms with van der Waals surface area (Å²) in [6.07, 6.45) is -4.17. The topological polar surface area (TPSA) is 62.7 Å². The first-order chi connectivity index (χ1) is 12.8. The number of ether oxygens (including phenoxy) is 1. The van der Waals surface area contributed by atoms with E-state index in [0.29, 0.717) is 12.1 Å². The van der Waals surface area contributed by atoms with Gasteiger partial charge in [-0.1, -0.05) is 19.1 Å². The van der Waals surface area contributed by atoms with Gasteiger partial charge in [0.1, 0.15) is 5.75 Å². The summed E-state index contributed by atoms with van der Waals surface area (Å²) in [6, 6.07) is 10.6. The summed E-state index contributed by atoms with van der Waals surface area (Å²) < 4.78 is 44.8. The number of carbonyl (C=O) groups is 1. The number of hydrogen-bond donors (Lipinski definition) is 2. The summed E-state index contributed by atoms with van der Waals surface area (Å²) in [5, 5.41) is 6.87. The van der Waals surface area contributed by atoms with E-state index in [1.807, 2.05) is 6.92 Å². The average molecular weight is 377 g/mol. The van der Waals surface area contributed by atoms with Crippen molar-refractivity contribution in [3.05, 3.63) is 53.6 Å². The summed E-state index contributed by atoms with van der Waals surface area (Å²) in [7, 11) is 1.32. The average Bonchev–Trinajstić information content (AvgIpc) is 2.62. The van der Waals surface area contributed by atoms with Crippen molar-refractivity contribution in [2.24, 2.45) is 11.0 Å². The van der Waals surface area contributed by atoms with E-state index >= 15 is 0 Å². The van der Waals surface area contributed by atoms with Crippen LogP contribution in [0.25, 0.3) is 0 Å². The predicted octanol–water partition coefficient (Wildman–Crippen LogP) is 4.32. The molecule has 1 atom stereocenters. The minimum absolute atomic E-state index is 0.0315. The Balaban J connectivity index is 1.84. The standard InChI is InChI=1S/C19H18F3N3O2/c1-11-9-17(26)24-25-18(11)12-3-5-13(6-4-12)23-16-8-7-14(27-2)10-15(16)19(20,21)22/h3-8,10-11,23H,9H2,1-2H3,(H,24,26). The predicted molar refractivity (Wildman–Crippen MR) is 96.2 cm³/mol. The maximum Gasteiger partial charge on any atom is 0.418 e. The number of hydrogen-bond acceptors (Lipinski definition) is 4. The molecule has 1 aliphatic rings. The largest absolute Gasteiger partial charge is 0.497 e. The lowest BCUT2D eigenvalue weighted by Gasteiger charge is -2.19. The van der Waals surface area contributed by atoms with Crippen LogP contribution in [-0.2, 0) is 11.0 Å². The summed E-state index contributed by atoms with van der Waals surface area (Å²) in [5.41, 5.74) is 3.62. The zero-order valence-electron chi connectivity index (χ0n) is 14.7. The molecule has 0 spiro atoms. The molecule has 0 bridgehead atoms. The van der Waals surface area contributed by atoms with Crippen molar-refractivity contribution in [3.63, 3.8) is 0 Å². The maximum absolute atomic E-state index is 13.3. The number of nitrogens with zero attached hydrogens (tertiary/aromatic N) is 1. The van der Waals surface area contributed by atoms with Crippen LogP contribution in [0.1, 0.15) is 24.5 Å². The van der Waals surface area contributed by atoms with Gasteiger partial charge in [-0.25, -0.2) is 5.43 Å². The number of methoxy groups -OCH3 is 1. The fourth-order valence-corrected chi connectivity index (χ4v) is 2.88. The molecule has 0 saturated heterocycles. The van der Waals surface area contributed by atoms with Gasteiger partial charge in [0.05, 0.1) is 24.1 Å². The van der Waals surface area contributed by atoms with Crippen molar-refractivity contribution in [3.8, 4) is 5.75 Å². The van der Waals surface area contributed by atoms with E-state index in [9.17, 15) is 18.0 Å². The molecule has 0 aliphatic carbocycles. The van der Waals surface area contributed by atoms with Gasteiger partial charge in [-0.15, -0.1) is 0 Å². The molecule has 2 aromatic carbocycles. The molecule has 0 saturated carbocycles. The van der Waals surface area contributed by atoms with Crippen LogP contribution in [0.5, 0.6) is 5.75 Å². The van der Waals surface area contributed by atoms with Crippen LogP contribution < -0.4 is 15.5 Å². The van der Waals surface area contributed by atoms with E-state index in [1.54, 1.807) is 24.3 Å². The minimum Gasteiger partial charge on any atom is -0.497 e. The van der Waals surface area contributed by atoms with Crippen LogP contribution in [-0.4, -0.2) is 18.7 Å². The van der Waals surface area contributed by atoms with Crippen LogP contribution in [0.4, 0.5) is 24.5 Å². The smallest absolute Gasteiger partial charge is 0.418 e. The highest BCUT2D eigenvalue weighted by atomic mass is 19.4. The van der Waals surface area contributed by atoms with Gasteiger partial charge < -0.3 is 10.1 Å². The fourth-order valence-electron chi connectivity index (χ4n) is 2.88. The Morgan fingerprint density at radius 2 is 1.89 bits per heavy atom. The van der Waals surface area contributed by atoms with Crippen molar-refractivity contribution < 1.29 is 22.7 Å². The molecule has 1 amide bonds. The Labute approximate surface area is 154 Å². The summed E-state index contributed by atoms with van der Waals surface area (Å²) in [5.74, 6) is -0.0331.